The number of rotatable bonds is 2. The third-order valence-corrected chi connectivity index (χ3v) is 1.74. The summed E-state index contributed by atoms with van der Waals surface area (Å²) in [4.78, 5) is 10.6. The van der Waals surface area contributed by atoms with E-state index in [2.05, 4.69) is 0 Å². The quantitative estimate of drug-likeness (QED) is 0.642. The van der Waals surface area contributed by atoms with Crippen LogP contribution in [0, 0.1) is 18.3 Å². The van der Waals surface area contributed by atoms with Gasteiger partial charge in [0, 0.05) is 5.56 Å². The number of ether oxygens (including phenoxy) is 1. The Morgan fingerprint density at radius 2 is 2.23 bits per heavy atom. The number of benzene rings is 1. The molecule has 3 nitrogen and oxygen atoms in total. The van der Waals surface area contributed by atoms with Crippen LogP contribution in [-0.4, -0.2) is 13.4 Å². The molecule has 0 aliphatic rings. The van der Waals surface area contributed by atoms with Crippen molar-refractivity contribution in [2.24, 2.45) is 0 Å². The number of carbonyl (C=O) groups excluding carboxylic acids is 1. The van der Waals surface area contributed by atoms with Crippen molar-refractivity contribution >= 4 is 6.29 Å². The summed E-state index contributed by atoms with van der Waals surface area (Å²) in [6, 6.07) is 5.33. The van der Waals surface area contributed by atoms with E-state index in [4.69, 9.17) is 10.00 Å². The molecule has 0 radical (unpaired) electrons. The lowest BCUT2D eigenvalue weighted by atomic mass is 10.1. The van der Waals surface area contributed by atoms with E-state index in [1.807, 2.05) is 13.0 Å². The minimum absolute atomic E-state index is 0.295. The van der Waals surface area contributed by atoms with Crippen LogP contribution in [0.5, 0.6) is 5.75 Å². The van der Waals surface area contributed by atoms with Gasteiger partial charge in [-0.3, -0.25) is 4.79 Å². The molecule has 0 N–H and O–H groups in total. The van der Waals surface area contributed by atoms with Gasteiger partial charge < -0.3 is 4.74 Å². The standard InChI is InChI=1S/C10H9NO2/c1-7-3-8(6-12)9(5-11)10(4-7)13-2/h3-4,6H,1-2H3. The highest BCUT2D eigenvalue weighted by Gasteiger charge is 2.08. The third-order valence-electron chi connectivity index (χ3n) is 1.74. The molecular weight excluding hydrogens is 166 g/mol. The van der Waals surface area contributed by atoms with Crippen molar-refractivity contribution in [2.75, 3.05) is 7.11 Å². The summed E-state index contributed by atoms with van der Waals surface area (Å²) in [6.45, 7) is 1.84. The van der Waals surface area contributed by atoms with Crippen molar-refractivity contribution in [1.29, 1.82) is 5.26 Å². The summed E-state index contributed by atoms with van der Waals surface area (Å²) in [6.07, 6.45) is 0.661. The average Bonchev–Trinajstić information content (AvgIpc) is 2.16. The Balaban J connectivity index is 3.44. The van der Waals surface area contributed by atoms with Crippen LogP contribution in [0.3, 0.4) is 0 Å². The van der Waals surface area contributed by atoms with E-state index in [9.17, 15) is 4.79 Å². The summed E-state index contributed by atoms with van der Waals surface area (Å²) in [5, 5.41) is 8.76. The fourth-order valence-electron chi connectivity index (χ4n) is 1.15. The first-order valence-corrected chi connectivity index (χ1v) is 3.77. The van der Waals surface area contributed by atoms with Crippen LogP contribution >= 0.6 is 0 Å². The van der Waals surface area contributed by atoms with Crippen molar-refractivity contribution in [3.63, 3.8) is 0 Å². The van der Waals surface area contributed by atoms with Crippen molar-refractivity contribution in [1.82, 2.24) is 0 Å². The maximum Gasteiger partial charge on any atom is 0.151 e. The molecule has 3 heteroatoms. The molecule has 0 spiro atoms. The smallest absolute Gasteiger partial charge is 0.151 e. The second-order valence-corrected chi connectivity index (χ2v) is 2.66. The molecule has 1 rings (SSSR count). The summed E-state index contributed by atoms with van der Waals surface area (Å²) in [5.41, 5.74) is 1.57. The molecule has 0 unspecified atom stereocenters. The van der Waals surface area contributed by atoms with Gasteiger partial charge in [0.2, 0.25) is 0 Å². The molecule has 13 heavy (non-hydrogen) atoms. The van der Waals surface area contributed by atoms with Crippen LogP contribution in [0.15, 0.2) is 12.1 Å². The molecule has 1 aromatic carbocycles. The van der Waals surface area contributed by atoms with E-state index in [0.29, 0.717) is 23.2 Å². The number of aldehydes is 1. The molecule has 0 saturated carbocycles. The zero-order valence-electron chi connectivity index (χ0n) is 7.50. The summed E-state index contributed by atoms with van der Waals surface area (Å²) < 4.78 is 4.98. The Hall–Kier alpha value is -1.82. The van der Waals surface area contributed by atoms with E-state index >= 15 is 0 Å². The molecule has 1 aromatic rings. The number of aryl methyl sites for hydroxylation is 1. The zero-order valence-corrected chi connectivity index (χ0v) is 7.50. The lowest BCUT2D eigenvalue weighted by molar-refractivity contribution is 0.112. The number of hydrogen-bond donors (Lipinski definition) is 0. The van der Waals surface area contributed by atoms with E-state index in [1.54, 1.807) is 12.1 Å². The van der Waals surface area contributed by atoms with E-state index < -0.39 is 0 Å². The van der Waals surface area contributed by atoms with Crippen molar-refractivity contribution in [2.45, 2.75) is 6.92 Å². The highest BCUT2D eigenvalue weighted by molar-refractivity contribution is 5.81. The van der Waals surface area contributed by atoms with Gasteiger partial charge in [-0.25, -0.2) is 0 Å². The van der Waals surface area contributed by atoms with Gasteiger partial charge in [0.15, 0.2) is 6.29 Å². The predicted molar refractivity (Wildman–Crippen MR) is 47.8 cm³/mol. The van der Waals surface area contributed by atoms with Crippen molar-refractivity contribution in [3.05, 3.63) is 28.8 Å². The van der Waals surface area contributed by atoms with Crippen LogP contribution in [0.2, 0.25) is 0 Å². The molecular formula is C10H9NO2. The number of nitriles is 1. The van der Waals surface area contributed by atoms with E-state index in [-0.39, 0.29) is 0 Å². The molecule has 0 aromatic heterocycles. The lowest BCUT2D eigenvalue weighted by Gasteiger charge is -2.05. The predicted octanol–water partition coefficient (Wildman–Crippen LogP) is 1.69. The first-order valence-electron chi connectivity index (χ1n) is 3.77. The fourth-order valence-corrected chi connectivity index (χ4v) is 1.15. The monoisotopic (exact) mass is 175 g/mol. The van der Waals surface area contributed by atoms with Crippen LogP contribution < -0.4 is 4.74 Å². The van der Waals surface area contributed by atoms with Crippen LogP contribution in [0.1, 0.15) is 21.5 Å². The zero-order chi connectivity index (χ0) is 9.84. The first-order chi connectivity index (χ1) is 6.22. The van der Waals surface area contributed by atoms with Gasteiger partial charge in [-0.15, -0.1) is 0 Å². The second kappa shape index (κ2) is 3.72. The Morgan fingerprint density at radius 1 is 1.54 bits per heavy atom. The molecule has 66 valence electrons. The molecule has 0 aliphatic carbocycles. The van der Waals surface area contributed by atoms with Crippen molar-refractivity contribution < 1.29 is 9.53 Å². The van der Waals surface area contributed by atoms with Crippen LogP contribution in [-0.2, 0) is 0 Å². The normalized spacial score (nSPS) is 9.00. The SMILES string of the molecule is COc1cc(C)cc(C=O)c1C#N. The fraction of sp³-hybridized carbons (Fsp3) is 0.200. The topological polar surface area (TPSA) is 50.1 Å². The summed E-state index contributed by atoms with van der Waals surface area (Å²) in [7, 11) is 1.48. The molecule has 0 amide bonds. The Labute approximate surface area is 76.6 Å². The molecule has 0 heterocycles. The van der Waals surface area contributed by atoms with Crippen LogP contribution in [0.4, 0.5) is 0 Å². The van der Waals surface area contributed by atoms with Crippen molar-refractivity contribution in [3.8, 4) is 11.8 Å². The Morgan fingerprint density at radius 3 is 2.69 bits per heavy atom. The Bertz CT molecular complexity index is 377. The van der Waals surface area contributed by atoms with Crippen LogP contribution in [0.25, 0.3) is 0 Å². The van der Waals surface area contributed by atoms with Gasteiger partial charge in [-0.05, 0) is 24.6 Å². The maximum absolute atomic E-state index is 10.6. The van der Waals surface area contributed by atoms with Gasteiger partial charge in [0.25, 0.3) is 0 Å². The van der Waals surface area contributed by atoms with Gasteiger partial charge >= 0.3 is 0 Å². The van der Waals surface area contributed by atoms with E-state index in [0.717, 1.165) is 5.56 Å². The van der Waals surface area contributed by atoms with Gasteiger partial charge in [0.05, 0.1) is 7.11 Å². The molecule has 0 fully saturated rings. The third kappa shape index (κ3) is 1.67. The van der Waals surface area contributed by atoms with Gasteiger partial charge in [-0.2, -0.15) is 5.26 Å². The van der Waals surface area contributed by atoms with Gasteiger partial charge in [-0.1, -0.05) is 0 Å². The molecule has 0 atom stereocenters. The largest absolute Gasteiger partial charge is 0.495 e. The van der Waals surface area contributed by atoms with Gasteiger partial charge in [0.1, 0.15) is 17.4 Å². The first kappa shape index (κ1) is 9.27. The summed E-state index contributed by atoms with van der Waals surface area (Å²) >= 11 is 0. The number of carbonyl (C=O) groups is 1. The number of methoxy groups -OCH3 is 1. The van der Waals surface area contributed by atoms with E-state index in [1.165, 1.54) is 7.11 Å². The second-order valence-electron chi connectivity index (χ2n) is 2.66. The average molecular weight is 175 g/mol. The highest BCUT2D eigenvalue weighted by atomic mass is 16.5. The number of nitrogens with zero attached hydrogens (tertiary/aromatic N) is 1. The minimum Gasteiger partial charge on any atom is -0.495 e. The highest BCUT2D eigenvalue weighted by Crippen LogP contribution is 2.22. The number of hydrogen-bond acceptors (Lipinski definition) is 3. The molecule has 0 aliphatic heterocycles. The molecule has 0 saturated heterocycles. The summed E-state index contributed by atoms with van der Waals surface area (Å²) in [5.74, 6) is 0.449. The molecule has 0 bridgehead atoms. The Kier molecular flexibility index (Phi) is 2.65. The maximum atomic E-state index is 10.6. The minimum atomic E-state index is 0.295. The lowest BCUT2D eigenvalue weighted by Crippen LogP contribution is -1.94.